The van der Waals surface area contributed by atoms with Crippen molar-refractivity contribution in [1.82, 2.24) is 0 Å². The van der Waals surface area contributed by atoms with Crippen molar-refractivity contribution in [3.8, 4) is 11.1 Å². The van der Waals surface area contributed by atoms with Crippen molar-refractivity contribution in [2.75, 3.05) is 9.80 Å². The molecule has 9 aromatic rings. The van der Waals surface area contributed by atoms with Crippen LogP contribution in [0.1, 0.15) is 58.2 Å². The Morgan fingerprint density at radius 3 is 1.50 bits per heavy atom. The molecule has 0 atom stereocenters. The molecule has 0 spiro atoms. The zero-order chi connectivity index (χ0) is 44.8. The Hall–Kier alpha value is -6.42. The van der Waals surface area contributed by atoms with Crippen LogP contribution in [0.4, 0.5) is 34.1 Å². The predicted octanol–water partition coefficient (Wildman–Crippen LogP) is 17.3. The minimum atomic E-state index is -1.58. The van der Waals surface area contributed by atoms with Crippen LogP contribution in [-0.4, -0.2) is 8.07 Å². The third-order valence-electron chi connectivity index (χ3n) is 14.1. The zero-order valence-corrected chi connectivity index (χ0v) is 40.2. The summed E-state index contributed by atoms with van der Waals surface area (Å²) in [5.41, 5.74) is 13.2. The third kappa shape index (κ3) is 6.50. The van der Waals surface area contributed by atoms with Crippen LogP contribution >= 0.6 is 0 Å². The minimum Gasteiger partial charge on any atom is -0.310 e. The Balaban J connectivity index is 1.26. The molecule has 0 fully saturated rings. The minimum absolute atomic E-state index is 0.169. The molecule has 0 radical (unpaired) electrons. The van der Waals surface area contributed by atoms with E-state index in [1.54, 1.807) is 0 Å². The molecule has 0 saturated heterocycles. The van der Waals surface area contributed by atoms with E-state index in [0.717, 1.165) is 22.7 Å². The van der Waals surface area contributed by atoms with E-state index in [1.165, 1.54) is 76.7 Å². The standard InChI is InChI=1S/C61H60N2Si/c1-41-21-19-26-45(37-41)62(43-22-13-11-14-23-43)47-32-35-50-42(38-47)31-34-54-56-52-30-18-17-29-51(52)55-40-48(33-36-53(55)58(56)61(57(50)54,59(2,3)4)60(5,6)7)63(44-24-15-12-16-25-44)46-27-20-28-49(39-46)64(8,9)10/h11-40H,1-10H3. The molecule has 0 amide bonds. The summed E-state index contributed by atoms with van der Waals surface area (Å²) in [6, 6.07) is 68.4. The fourth-order valence-electron chi connectivity index (χ4n) is 11.7. The predicted molar refractivity (Wildman–Crippen MR) is 281 cm³/mol. The molecule has 2 nitrogen and oxygen atoms in total. The van der Waals surface area contributed by atoms with Gasteiger partial charge >= 0.3 is 0 Å². The maximum absolute atomic E-state index is 2.49. The van der Waals surface area contributed by atoms with Gasteiger partial charge in [0.1, 0.15) is 0 Å². The molecule has 64 heavy (non-hydrogen) atoms. The summed E-state index contributed by atoms with van der Waals surface area (Å²) in [4.78, 5) is 4.86. The Kier molecular flexibility index (Phi) is 9.81. The van der Waals surface area contributed by atoms with Gasteiger partial charge in [-0.25, -0.2) is 0 Å². The van der Waals surface area contributed by atoms with Gasteiger partial charge in [-0.2, -0.15) is 0 Å². The summed E-state index contributed by atoms with van der Waals surface area (Å²) in [7, 11) is -1.58. The Labute approximate surface area is 381 Å². The molecule has 0 heterocycles. The van der Waals surface area contributed by atoms with E-state index in [0.29, 0.717) is 0 Å². The number of anilines is 6. The summed E-state index contributed by atoms with van der Waals surface area (Å²) in [5.74, 6) is 0. The summed E-state index contributed by atoms with van der Waals surface area (Å²) in [6.07, 6.45) is 0. The van der Waals surface area contributed by atoms with Crippen LogP contribution in [0.15, 0.2) is 182 Å². The van der Waals surface area contributed by atoms with Crippen LogP contribution in [0, 0.1) is 17.8 Å². The number of para-hydroxylation sites is 2. The van der Waals surface area contributed by atoms with Crippen LogP contribution in [0.25, 0.3) is 43.4 Å². The summed E-state index contributed by atoms with van der Waals surface area (Å²) in [6.45, 7) is 24.4. The van der Waals surface area contributed by atoms with E-state index in [9.17, 15) is 0 Å². The van der Waals surface area contributed by atoms with Gasteiger partial charge in [-0.1, -0.05) is 176 Å². The molecule has 0 unspecified atom stereocenters. The van der Waals surface area contributed by atoms with Gasteiger partial charge in [0.2, 0.25) is 0 Å². The maximum Gasteiger partial charge on any atom is 0.0776 e. The average Bonchev–Trinajstić information content (AvgIpc) is 3.61. The first-order valence-electron chi connectivity index (χ1n) is 23.0. The molecule has 0 N–H and O–H groups in total. The Morgan fingerprint density at radius 2 is 0.906 bits per heavy atom. The van der Waals surface area contributed by atoms with Gasteiger partial charge in [0.15, 0.2) is 0 Å². The molecule has 10 rings (SSSR count). The second kappa shape index (κ2) is 15.1. The number of hydrogen-bond donors (Lipinski definition) is 0. The first-order chi connectivity index (χ1) is 30.6. The second-order valence-electron chi connectivity index (χ2n) is 21.2. The molecule has 3 heteroatoms. The lowest BCUT2D eigenvalue weighted by atomic mass is 9.49. The summed E-state index contributed by atoms with van der Waals surface area (Å²) < 4.78 is 0. The molecule has 1 aliphatic rings. The van der Waals surface area contributed by atoms with Gasteiger partial charge in [-0.15, -0.1) is 0 Å². The lowest BCUT2D eigenvalue weighted by Crippen LogP contribution is -2.50. The number of benzene rings is 9. The van der Waals surface area contributed by atoms with Crippen LogP contribution in [0.5, 0.6) is 0 Å². The first kappa shape index (κ1) is 41.6. The smallest absolute Gasteiger partial charge is 0.0776 e. The van der Waals surface area contributed by atoms with Crippen molar-refractivity contribution in [1.29, 1.82) is 0 Å². The highest BCUT2D eigenvalue weighted by molar-refractivity contribution is 6.88. The van der Waals surface area contributed by atoms with Crippen molar-refractivity contribution in [2.24, 2.45) is 10.8 Å². The average molecular weight is 849 g/mol. The zero-order valence-electron chi connectivity index (χ0n) is 39.2. The van der Waals surface area contributed by atoms with Crippen molar-refractivity contribution in [3.63, 3.8) is 0 Å². The van der Waals surface area contributed by atoms with E-state index in [2.05, 4.69) is 260 Å². The number of nitrogens with zero attached hydrogens (tertiary/aromatic N) is 2. The highest BCUT2D eigenvalue weighted by Crippen LogP contribution is 2.68. The quantitative estimate of drug-likeness (QED) is 0.116. The Bertz CT molecular complexity index is 3220. The van der Waals surface area contributed by atoms with Crippen molar-refractivity contribution in [2.45, 2.75) is 73.5 Å². The Morgan fingerprint density at radius 1 is 0.391 bits per heavy atom. The topological polar surface area (TPSA) is 6.48 Å². The lowest BCUT2D eigenvalue weighted by Gasteiger charge is -2.54. The number of rotatable bonds is 7. The number of aryl methyl sites for hydroxylation is 1. The molecule has 318 valence electrons. The molecule has 9 aromatic carbocycles. The maximum atomic E-state index is 2.49. The molecule has 0 aromatic heterocycles. The van der Waals surface area contributed by atoms with Gasteiger partial charge in [0, 0.05) is 39.5 Å². The third-order valence-corrected chi connectivity index (χ3v) is 16.1. The van der Waals surface area contributed by atoms with Crippen LogP contribution in [0.3, 0.4) is 0 Å². The SMILES string of the molecule is Cc1cccc(N(c2ccccc2)c2ccc3c4c(ccc3c2)-c2c(c3ccc(N(c5ccccc5)c5cccc([Si](C)(C)C)c5)cc3c3ccccc23)C4(C(C)(C)C)C(C)(C)C)c1. The molecule has 1 aliphatic carbocycles. The van der Waals surface area contributed by atoms with Gasteiger partial charge in [-0.05, 0) is 151 Å². The van der Waals surface area contributed by atoms with Gasteiger partial charge in [0.25, 0.3) is 0 Å². The number of hydrogen-bond acceptors (Lipinski definition) is 2. The summed E-state index contributed by atoms with van der Waals surface area (Å²) in [5, 5.41) is 9.27. The largest absolute Gasteiger partial charge is 0.310 e. The van der Waals surface area contributed by atoms with E-state index in [-0.39, 0.29) is 16.2 Å². The van der Waals surface area contributed by atoms with Crippen molar-refractivity contribution >= 4 is 79.7 Å². The van der Waals surface area contributed by atoms with Gasteiger partial charge in [-0.3, -0.25) is 0 Å². The van der Waals surface area contributed by atoms with Crippen LogP contribution < -0.4 is 15.0 Å². The monoisotopic (exact) mass is 848 g/mol. The normalized spacial score (nSPS) is 13.6. The molecule has 0 aliphatic heterocycles. The fraction of sp³-hybridized carbons (Fsp3) is 0.213. The van der Waals surface area contributed by atoms with E-state index in [4.69, 9.17) is 0 Å². The first-order valence-corrected chi connectivity index (χ1v) is 26.5. The van der Waals surface area contributed by atoms with Gasteiger partial charge in [0.05, 0.1) is 8.07 Å². The molecule has 0 saturated carbocycles. The van der Waals surface area contributed by atoms with E-state index < -0.39 is 8.07 Å². The van der Waals surface area contributed by atoms with Crippen molar-refractivity contribution in [3.05, 3.63) is 199 Å². The molecular weight excluding hydrogens is 789 g/mol. The van der Waals surface area contributed by atoms with E-state index >= 15 is 0 Å². The fourth-order valence-corrected chi connectivity index (χ4v) is 12.9. The lowest BCUT2D eigenvalue weighted by molar-refractivity contribution is 0.0977. The van der Waals surface area contributed by atoms with Gasteiger partial charge < -0.3 is 9.80 Å². The number of fused-ring (bicyclic) bond motifs is 10. The van der Waals surface area contributed by atoms with E-state index in [1.807, 2.05) is 0 Å². The second-order valence-corrected chi connectivity index (χ2v) is 26.2. The van der Waals surface area contributed by atoms with Crippen LogP contribution in [0.2, 0.25) is 19.6 Å². The molecule has 0 bridgehead atoms. The highest BCUT2D eigenvalue weighted by atomic mass is 28.3. The van der Waals surface area contributed by atoms with Crippen molar-refractivity contribution < 1.29 is 0 Å². The summed E-state index contributed by atoms with van der Waals surface area (Å²) >= 11 is 0. The van der Waals surface area contributed by atoms with Crippen LogP contribution in [-0.2, 0) is 5.41 Å². The highest BCUT2D eigenvalue weighted by Gasteiger charge is 2.59. The molecular formula is C61H60N2Si.